The Hall–Kier alpha value is -2.63. The number of halogens is 1. The maximum atomic E-state index is 13.5. The normalized spacial score (nSPS) is 17.2. The molecular weight excluding hydrogens is 422 g/mol. The van der Waals surface area contributed by atoms with Crippen LogP contribution in [0.2, 0.25) is 5.02 Å². The molecule has 0 N–H and O–H groups in total. The number of ether oxygens (including phenoxy) is 1. The molecule has 0 saturated carbocycles. The minimum atomic E-state index is -0.520. The van der Waals surface area contributed by atoms with Gasteiger partial charge in [-0.05, 0) is 50.5 Å². The first-order chi connectivity index (χ1) is 15.3. The lowest BCUT2D eigenvalue weighted by atomic mass is 9.79. The van der Waals surface area contributed by atoms with Crippen molar-refractivity contribution in [2.24, 2.45) is 0 Å². The van der Waals surface area contributed by atoms with E-state index in [4.69, 9.17) is 16.3 Å². The molecule has 3 aromatic rings. The van der Waals surface area contributed by atoms with E-state index in [1.54, 1.807) is 7.11 Å². The lowest BCUT2D eigenvalue weighted by Gasteiger charge is -2.38. The third kappa shape index (κ3) is 3.84. The molecule has 6 heteroatoms. The molecule has 0 saturated heterocycles. The molecule has 1 unspecified atom stereocenters. The fraction of sp³-hybridized carbons (Fsp3) is 0.385. The van der Waals surface area contributed by atoms with Gasteiger partial charge in [0.15, 0.2) is 0 Å². The number of carbonyl (C=O) groups is 1. The first kappa shape index (κ1) is 22.6. The number of hydrogen-bond acceptors (Lipinski definition) is 3. The Balaban J connectivity index is 1.77. The number of benzene rings is 2. The van der Waals surface area contributed by atoms with Crippen LogP contribution in [0.3, 0.4) is 0 Å². The molecule has 0 bridgehead atoms. The number of hydrogen-bond donors (Lipinski definition) is 0. The molecule has 1 aliphatic heterocycles. The van der Waals surface area contributed by atoms with Crippen LogP contribution in [0.5, 0.6) is 0 Å². The molecule has 0 fully saturated rings. The van der Waals surface area contributed by atoms with E-state index in [0.717, 1.165) is 22.5 Å². The molecule has 1 atom stereocenters. The zero-order valence-corrected chi connectivity index (χ0v) is 19.9. The smallest absolute Gasteiger partial charge is 0.223 e. The summed E-state index contributed by atoms with van der Waals surface area (Å²) < 4.78 is 7.47. The van der Waals surface area contributed by atoms with Crippen molar-refractivity contribution in [3.63, 3.8) is 0 Å². The van der Waals surface area contributed by atoms with E-state index in [1.807, 2.05) is 35.5 Å². The summed E-state index contributed by atoms with van der Waals surface area (Å²) in [6, 6.07) is 16.3. The van der Waals surface area contributed by atoms with Gasteiger partial charge >= 0.3 is 0 Å². The Morgan fingerprint density at radius 1 is 1.16 bits per heavy atom. The number of rotatable bonds is 7. The minimum Gasteiger partial charge on any atom is -0.383 e. The van der Waals surface area contributed by atoms with Gasteiger partial charge in [0, 0.05) is 48.6 Å². The van der Waals surface area contributed by atoms with Crippen LogP contribution in [0.15, 0.2) is 60.9 Å². The van der Waals surface area contributed by atoms with Crippen molar-refractivity contribution in [2.45, 2.75) is 44.7 Å². The zero-order chi connectivity index (χ0) is 22.9. The van der Waals surface area contributed by atoms with Gasteiger partial charge in [0.1, 0.15) is 5.82 Å². The Bertz CT molecular complexity index is 1100. The van der Waals surface area contributed by atoms with Crippen molar-refractivity contribution in [3.05, 3.63) is 77.1 Å². The number of nitrogens with zero attached hydrogens (tertiary/aromatic N) is 3. The maximum absolute atomic E-state index is 13.5. The molecule has 5 nitrogen and oxygen atoms in total. The minimum absolute atomic E-state index is 0.119. The average molecular weight is 452 g/mol. The topological polar surface area (TPSA) is 47.4 Å². The van der Waals surface area contributed by atoms with Gasteiger partial charge in [0.05, 0.1) is 12.1 Å². The highest BCUT2D eigenvalue weighted by atomic mass is 35.5. The molecular formula is C26H30ClN3O2. The molecule has 4 rings (SSSR count). The van der Waals surface area contributed by atoms with E-state index >= 15 is 0 Å². The van der Waals surface area contributed by atoms with Crippen LogP contribution in [0, 0.1) is 0 Å². The van der Waals surface area contributed by atoms with Crippen LogP contribution in [0.4, 0.5) is 0 Å². The van der Waals surface area contributed by atoms with Crippen LogP contribution >= 0.6 is 11.6 Å². The Morgan fingerprint density at radius 2 is 1.88 bits per heavy atom. The number of imidazole rings is 1. The highest BCUT2D eigenvalue weighted by Crippen LogP contribution is 2.49. The van der Waals surface area contributed by atoms with Gasteiger partial charge in [-0.25, -0.2) is 4.98 Å². The quantitative estimate of drug-likeness (QED) is 0.485. The molecule has 0 radical (unpaired) electrons. The Morgan fingerprint density at radius 3 is 2.56 bits per heavy atom. The standard InChI is InChI=1S/C26H30ClN3O2/c1-25(2,3)29(17-18-32-4)23(31)13-14-26(19-9-11-20(27)12-10-19)22-8-6-5-7-21(22)24-28-15-16-30(24)26/h5-12,15-16H,13-14,17-18H2,1-4H3. The monoisotopic (exact) mass is 451 g/mol. The van der Waals surface area contributed by atoms with E-state index in [9.17, 15) is 4.79 Å². The third-order valence-electron chi connectivity index (χ3n) is 6.32. The lowest BCUT2D eigenvalue weighted by molar-refractivity contribution is -0.137. The van der Waals surface area contributed by atoms with Crippen molar-refractivity contribution in [1.29, 1.82) is 0 Å². The second-order valence-electron chi connectivity index (χ2n) is 9.24. The predicted octanol–water partition coefficient (Wildman–Crippen LogP) is 5.36. The van der Waals surface area contributed by atoms with Crippen molar-refractivity contribution >= 4 is 17.5 Å². The highest BCUT2D eigenvalue weighted by molar-refractivity contribution is 6.30. The summed E-state index contributed by atoms with van der Waals surface area (Å²) in [5, 5.41) is 0.690. The fourth-order valence-corrected chi connectivity index (χ4v) is 4.96. The first-order valence-corrected chi connectivity index (χ1v) is 11.4. The van der Waals surface area contributed by atoms with E-state index in [2.05, 4.69) is 60.7 Å². The molecule has 0 spiro atoms. The van der Waals surface area contributed by atoms with Gasteiger partial charge in [-0.2, -0.15) is 0 Å². The van der Waals surface area contributed by atoms with E-state index in [0.29, 0.717) is 31.0 Å². The number of aromatic nitrogens is 2. The van der Waals surface area contributed by atoms with Crippen LogP contribution in [0.1, 0.15) is 44.7 Å². The molecule has 0 aliphatic carbocycles. The maximum Gasteiger partial charge on any atom is 0.223 e. The summed E-state index contributed by atoms with van der Waals surface area (Å²) in [6.45, 7) is 7.27. The van der Waals surface area contributed by atoms with E-state index < -0.39 is 5.54 Å². The van der Waals surface area contributed by atoms with E-state index in [1.165, 1.54) is 0 Å². The molecule has 168 valence electrons. The first-order valence-electron chi connectivity index (χ1n) is 11.0. The summed E-state index contributed by atoms with van der Waals surface area (Å²) in [5.74, 6) is 1.05. The van der Waals surface area contributed by atoms with Crippen molar-refractivity contribution in [3.8, 4) is 11.4 Å². The second kappa shape index (κ2) is 8.72. The van der Waals surface area contributed by atoms with Crippen molar-refractivity contribution in [1.82, 2.24) is 14.5 Å². The number of amides is 1. The Labute approximate surface area is 195 Å². The van der Waals surface area contributed by atoms with Gasteiger partial charge in [0.25, 0.3) is 0 Å². The second-order valence-corrected chi connectivity index (χ2v) is 9.68. The SMILES string of the molecule is COCCN(C(=O)CCC1(c2ccc(Cl)cc2)c2ccccc2-c2nccn21)C(C)(C)C. The molecule has 2 aromatic carbocycles. The van der Waals surface area contributed by atoms with Crippen LogP contribution in [0.25, 0.3) is 11.4 Å². The van der Waals surface area contributed by atoms with Gasteiger partial charge in [-0.3, -0.25) is 4.79 Å². The summed E-state index contributed by atoms with van der Waals surface area (Å²) in [4.78, 5) is 20.0. The van der Waals surface area contributed by atoms with Gasteiger partial charge in [-0.1, -0.05) is 48.0 Å². The van der Waals surface area contributed by atoms with Crippen molar-refractivity contribution in [2.75, 3.05) is 20.3 Å². The van der Waals surface area contributed by atoms with E-state index in [-0.39, 0.29) is 11.4 Å². The lowest BCUT2D eigenvalue weighted by Crippen LogP contribution is -2.48. The zero-order valence-electron chi connectivity index (χ0n) is 19.1. The largest absolute Gasteiger partial charge is 0.383 e. The van der Waals surface area contributed by atoms with Gasteiger partial charge in [0.2, 0.25) is 5.91 Å². The van der Waals surface area contributed by atoms with Gasteiger partial charge < -0.3 is 14.2 Å². The number of methoxy groups -OCH3 is 1. The van der Waals surface area contributed by atoms with Crippen molar-refractivity contribution < 1.29 is 9.53 Å². The molecule has 1 aromatic heterocycles. The predicted molar refractivity (Wildman–Crippen MR) is 128 cm³/mol. The highest BCUT2D eigenvalue weighted by Gasteiger charge is 2.45. The summed E-state index contributed by atoms with van der Waals surface area (Å²) in [5.41, 5.74) is 2.56. The number of carbonyl (C=O) groups excluding carboxylic acids is 1. The molecule has 1 aliphatic rings. The van der Waals surface area contributed by atoms with Gasteiger partial charge in [-0.15, -0.1) is 0 Å². The third-order valence-corrected chi connectivity index (χ3v) is 6.57. The summed E-state index contributed by atoms with van der Waals surface area (Å²) in [6.07, 6.45) is 4.86. The fourth-order valence-electron chi connectivity index (χ4n) is 4.84. The molecule has 32 heavy (non-hydrogen) atoms. The Kier molecular flexibility index (Phi) is 6.15. The molecule has 1 amide bonds. The van der Waals surface area contributed by atoms with Crippen LogP contribution in [-0.2, 0) is 15.1 Å². The summed E-state index contributed by atoms with van der Waals surface area (Å²) >= 11 is 6.22. The number of fused-ring (bicyclic) bond motifs is 3. The van der Waals surface area contributed by atoms with Crippen LogP contribution in [-0.4, -0.2) is 46.2 Å². The molecule has 2 heterocycles. The van der Waals surface area contributed by atoms with Crippen LogP contribution < -0.4 is 0 Å². The average Bonchev–Trinajstić information content (AvgIpc) is 3.34. The summed E-state index contributed by atoms with van der Waals surface area (Å²) in [7, 11) is 1.66.